The van der Waals surface area contributed by atoms with E-state index < -0.39 is 5.54 Å². The lowest BCUT2D eigenvalue weighted by Gasteiger charge is -2.15. The second-order valence-corrected chi connectivity index (χ2v) is 10.0. The van der Waals surface area contributed by atoms with Crippen LogP contribution in [0.25, 0.3) is 28.0 Å². The number of carbonyl (C=O) groups excluding carboxylic acids is 2. The first kappa shape index (κ1) is 22.2. The zero-order valence-electron chi connectivity index (χ0n) is 19.3. The normalized spacial score (nSPS) is 15.3. The van der Waals surface area contributed by atoms with Crippen LogP contribution in [0.1, 0.15) is 25.8 Å². The number of hydrogen-bond acceptors (Lipinski definition) is 5. The van der Waals surface area contributed by atoms with E-state index in [2.05, 4.69) is 50.2 Å². The molecule has 1 fully saturated rings. The van der Waals surface area contributed by atoms with E-state index in [-0.39, 0.29) is 11.9 Å². The number of imide groups is 1. The molecule has 9 heteroatoms. The maximum absolute atomic E-state index is 12.4. The largest absolute Gasteiger partial charge is 0.360 e. The number of aromatic amines is 1. The molecule has 1 aliphatic heterocycles. The first-order valence-electron chi connectivity index (χ1n) is 11.2. The molecule has 0 radical (unpaired) electrons. The van der Waals surface area contributed by atoms with Crippen LogP contribution in [-0.2, 0) is 4.79 Å². The van der Waals surface area contributed by atoms with Crippen molar-refractivity contribution in [1.29, 1.82) is 0 Å². The van der Waals surface area contributed by atoms with Gasteiger partial charge in [0.1, 0.15) is 5.54 Å². The molecule has 5 rings (SSSR count). The van der Waals surface area contributed by atoms with E-state index in [1.165, 1.54) is 4.90 Å². The van der Waals surface area contributed by atoms with Crippen LogP contribution in [0.2, 0.25) is 0 Å². The van der Waals surface area contributed by atoms with E-state index in [1.807, 2.05) is 36.5 Å². The number of H-pyrrole nitrogens is 1. The zero-order chi connectivity index (χ0) is 23.9. The van der Waals surface area contributed by atoms with Crippen molar-refractivity contribution in [2.45, 2.75) is 37.9 Å². The van der Waals surface area contributed by atoms with Crippen molar-refractivity contribution in [3.05, 3.63) is 60.3 Å². The van der Waals surface area contributed by atoms with Gasteiger partial charge in [-0.2, -0.15) is 0 Å². The number of aromatic nitrogens is 4. The number of fused-ring (bicyclic) bond motifs is 1. The fraction of sp³-hybridized carbons (Fsp3) is 0.280. The lowest BCUT2D eigenvalue weighted by molar-refractivity contribution is -0.130. The average molecular weight is 475 g/mol. The summed E-state index contributed by atoms with van der Waals surface area (Å²) in [5.41, 5.74) is 3.32. The summed E-state index contributed by atoms with van der Waals surface area (Å²) in [6.45, 7) is 5.87. The molecule has 2 aromatic heterocycles. The van der Waals surface area contributed by atoms with E-state index in [4.69, 9.17) is 0 Å². The van der Waals surface area contributed by atoms with E-state index >= 15 is 0 Å². The number of aryl methyl sites for hydroxylation is 1. The minimum Gasteiger partial charge on any atom is -0.360 e. The van der Waals surface area contributed by atoms with Gasteiger partial charge in [0.2, 0.25) is 0 Å². The third-order valence-electron chi connectivity index (χ3n) is 5.92. The highest BCUT2D eigenvalue weighted by atomic mass is 32.2. The smallest absolute Gasteiger partial charge is 0.325 e. The SMILES string of the molecule is Cc1cccc(-n2c(SCCCN3C(=O)NC(C)(C)C3=O)nnc2-c2c[nH]c3ccccc23)c1. The number of thioether (sulfide) groups is 1. The van der Waals surface area contributed by atoms with Gasteiger partial charge in [-0.3, -0.25) is 14.3 Å². The predicted octanol–water partition coefficient (Wildman–Crippen LogP) is 4.54. The number of hydrogen-bond donors (Lipinski definition) is 2. The molecule has 4 aromatic rings. The number of carbonyl (C=O) groups is 2. The molecule has 0 saturated carbocycles. The minimum absolute atomic E-state index is 0.188. The molecule has 174 valence electrons. The summed E-state index contributed by atoms with van der Waals surface area (Å²) in [6, 6.07) is 16.0. The number of rotatable bonds is 7. The Morgan fingerprint density at radius 2 is 1.88 bits per heavy atom. The molecular weight excluding hydrogens is 448 g/mol. The van der Waals surface area contributed by atoms with Crippen LogP contribution < -0.4 is 5.32 Å². The second-order valence-electron chi connectivity index (χ2n) is 8.94. The highest BCUT2D eigenvalue weighted by molar-refractivity contribution is 7.99. The summed E-state index contributed by atoms with van der Waals surface area (Å²) < 4.78 is 2.07. The minimum atomic E-state index is -0.843. The predicted molar refractivity (Wildman–Crippen MR) is 133 cm³/mol. The molecule has 0 bridgehead atoms. The van der Waals surface area contributed by atoms with Crippen LogP contribution in [0.3, 0.4) is 0 Å². The Balaban J connectivity index is 1.41. The third-order valence-corrected chi connectivity index (χ3v) is 6.94. The van der Waals surface area contributed by atoms with Gasteiger partial charge in [0, 0.05) is 40.6 Å². The van der Waals surface area contributed by atoms with Gasteiger partial charge in [0.15, 0.2) is 11.0 Å². The Bertz CT molecular complexity index is 1390. The molecule has 8 nitrogen and oxygen atoms in total. The number of benzene rings is 2. The Kier molecular flexibility index (Phi) is 5.65. The van der Waals surface area contributed by atoms with Crippen LogP contribution in [0.5, 0.6) is 0 Å². The molecule has 0 unspecified atom stereocenters. The molecular formula is C25H26N6O2S. The van der Waals surface area contributed by atoms with Crippen molar-refractivity contribution in [2.75, 3.05) is 12.3 Å². The first-order valence-corrected chi connectivity index (χ1v) is 12.2. The summed E-state index contributed by atoms with van der Waals surface area (Å²) >= 11 is 1.57. The van der Waals surface area contributed by atoms with Gasteiger partial charge >= 0.3 is 6.03 Å². The summed E-state index contributed by atoms with van der Waals surface area (Å²) in [5, 5.41) is 13.6. The van der Waals surface area contributed by atoms with Crippen LogP contribution >= 0.6 is 11.8 Å². The van der Waals surface area contributed by atoms with E-state index in [0.29, 0.717) is 18.7 Å². The summed E-state index contributed by atoms with van der Waals surface area (Å²) in [4.78, 5) is 29.2. The zero-order valence-corrected chi connectivity index (χ0v) is 20.1. The third kappa shape index (κ3) is 3.96. The lowest BCUT2D eigenvalue weighted by atomic mass is 10.1. The van der Waals surface area contributed by atoms with Crippen molar-refractivity contribution in [3.63, 3.8) is 0 Å². The summed E-state index contributed by atoms with van der Waals surface area (Å²) in [6.07, 6.45) is 2.62. The van der Waals surface area contributed by atoms with Gasteiger partial charge in [0.05, 0.1) is 0 Å². The number of nitrogens with zero attached hydrogens (tertiary/aromatic N) is 4. The van der Waals surface area contributed by atoms with Gasteiger partial charge in [0.25, 0.3) is 5.91 Å². The van der Waals surface area contributed by atoms with Crippen molar-refractivity contribution in [1.82, 2.24) is 30.0 Å². The van der Waals surface area contributed by atoms with E-state index in [1.54, 1.807) is 25.6 Å². The molecule has 1 aliphatic rings. The standard InChI is InChI=1S/C25H26N6O2S/c1-16-8-6-9-17(14-16)31-21(19-15-26-20-11-5-4-10-18(19)20)28-29-24(31)34-13-7-12-30-22(32)25(2,3)27-23(30)33/h4-6,8-11,14-15,26H,7,12-13H2,1-3H3,(H,27,33). The molecule has 2 aromatic carbocycles. The van der Waals surface area contributed by atoms with Crippen molar-refractivity contribution < 1.29 is 9.59 Å². The molecule has 0 spiro atoms. The first-order chi connectivity index (χ1) is 16.3. The highest BCUT2D eigenvalue weighted by Gasteiger charge is 2.43. The molecule has 1 saturated heterocycles. The fourth-order valence-corrected chi connectivity index (χ4v) is 5.08. The number of nitrogens with one attached hydrogen (secondary N) is 2. The topological polar surface area (TPSA) is 95.9 Å². The Morgan fingerprint density at radius 3 is 2.65 bits per heavy atom. The van der Waals surface area contributed by atoms with Crippen molar-refractivity contribution in [2.24, 2.45) is 0 Å². The van der Waals surface area contributed by atoms with Crippen LogP contribution in [0, 0.1) is 6.92 Å². The van der Waals surface area contributed by atoms with Crippen molar-refractivity contribution in [3.8, 4) is 17.1 Å². The fourth-order valence-electron chi connectivity index (χ4n) is 4.20. The molecule has 34 heavy (non-hydrogen) atoms. The van der Waals surface area contributed by atoms with Crippen LogP contribution in [0.15, 0.2) is 59.9 Å². The number of para-hydroxylation sites is 1. The molecule has 0 aliphatic carbocycles. The summed E-state index contributed by atoms with van der Waals surface area (Å²) in [5.74, 6) is 1.27. The molecule has 3 amide bonds. The van der Waals surface area contributed by atoms with Gasteiger partial charge in [-0.25, -0.2) is 4.79 Å². The molecule has 3 heterocycles. The van der Waals surface area contributed by atoms with Gasteiger partial charge in [-0.1, -0.05) is 42.1 Å². The van der Waals surface area contributed by atoms with Crippen LogP contribution in [-0.4, -0.2) is 54.4 Å². The van der Waals surface area contributed by atoms with Gasteiger partial charge < -0.3 is 10.3 Å². The Hall–Kier alpha value is -3.59. The Labute approximate surface area is 201 Å². The average Bonchev–Trinajstić information content (AvgIpc) is 3.46. The quantitative estimate of drug-likeness (QED) is 0.233. The maximum atomic E-state index is 12.4. The molecule has 0 atom stereocenters. The van der Waals surface area contributed by atoms with E-state index in [0.717, 1.165) is 38.7 Å². The second kappa shape index (κ2) is 8.64. The number of amides is 3. The Morgan fingerprint density at radius 1 is 1.06 bits per heavy atom. The summed E-state index contributed by atoms with van der Waals surface area (Å²) in [7, 11) is 0. The van der Waals surface area contributed by atoms with E-state index in [9.17, 15) is 9.59 Å². The maximum Gasteiger partial charge on any atom is 0.325 e. The van der Waals surface area contributed by atoms with Crippen molar-refractivity contribution >= 4 is 34.6 Å². The molecule has 2 N–H and O–H groups in total. The lowest BCUT2D eigenvalue weighted by Crippen LogP contribution is -2.40. The van der Waals surface area contributed by atoms with Gasteiger partial charge in [-0.05, 0) is 51.0 Å². The van der Waals surface area contributed by atoms with Gasteiger partial charge in [-0.15, -0.1) is 10.2 Å². The monoisotopic (exact) mass is 474 g/mol. The highest BCUT2D eigenvalue weighted by Crippen LogP contribution is 2.33. The van der Waals surface area contributed by atoms with Crippen LogP contribution in [0.4, 0.5) is 4.79 Å². The number of urea groups is 1.